The van der Waals surface area contributed by atoms with Gasteiger partial charge in [-0.3, -0.25) is 14.8 Å². The molecule has 11 nitrogen and oxygen atoms in total. The van der Waals surface area contributed by atoms with E-state index in [1.165, 1.54) is 6.07 Å². The Labute approximate surface area is 203 Å². The van der Waals surface area contributed by atoms with E-state index in [-0.39, 0.29) is 22.4 Å². The molecule has 0 aliphatic rings. The Morgan fingerprint density at radius 2 is 1.78 bits per heavy atom. The molecule has 3 heterocycles. The summed E-state index contributed by atoms with van der Waals surface area (Å²) in [5.41, 5.74) is -3.00. The molecule has 0 aliphatic heterocycles. The number of H-pyrrole nitrogens is 3. The number of benzene rings is 2. The molecule has 0 fully saturated rings. The number of nitrogens with one attached hydrogen (secondary N) is 4. The molecule has 4 N–H and O–H groups in total. The first kappa shape index (κ1) is 24.0. The van der Waals surface area contributed by atoms with E-state index in [2.05, 4.69) is 30.4 Å². The van der Waals surface area contributed by atoms with Crippen LogP contribution >= 0.6 is 0 Å². The van der Waals surface area contributed by atoms with Crippen LogP contribution in [0.25, 0.3) is 33.5 Å². The summed E-state index contributed by atoms with van der Waals surface area (Å²) in [7, 11) is -3.58. The zero-order valence-electron chi connectivity index (χ0n) is 18.4. The van der Waals surface area contributed by atoms with Crippen LogP contribution in [0.5, 0.6) is 5.88 Å². The number of pyridine rings is 1. The van der Waals surface area contributed by atoms with Crippen molar-refractivity contribution in [3.05, 3.63) is 70.3 Å². The van der Waals surface area contributed by atoms with E-state index in [0.717, 1.165) is 31.5 Å². The van der Waals surface area contributed by atoms with E-state index in [0.29, 0.717) is 6.07 Å². The van der Waals surface area contributed by atoms with Gasteiger partial charge in [-0.05, 0) is 18.2 Å². The summed E-state index contributed by atoms with van der Waals surface area (Å²) < 4.78 is 91.6. The maximum Gasteiger partial charge on any atom is 0.340 e. The monoisotopic (exact) mass is 535 g/mol. The topological polar surface area (TPSA) is 159 Å². The van der Waals surface area contributed by atoms with Crippen molar-refractivity contribution in [1.82, 2.24) is 30.4 Å². The van der Waals surface area contributed by atoms with Gasteiger partial charge in [-0.25, -0.2) is 40.9 Å². The van der Waals surface area contributed by atoms with Gasteiger partial charge < -0.3 is 4.74 Å². The molecule has 3 aromatic heterocycles. The van der Waals surface area contributed by atoms with E-state index < -0.39 is 66.6 Å². The molecular formula is C21H13F4N7O4S. The van der Waals surface area contributed by atoms with Crippen LogP contribution in [-0.2, 0) is 10.0 Å². The fraction of sp³-hybridized carbons (Fsp3) is 0.0476. The average molecular weight is 535 g/mol. The highest BCUT2D eigenvalue weighted by molar-refractivity contribution is 7.92. The van der Waals surface area contributed by atoms with Gasteiger partial charge in [0.05, 0.1) is 24.6 Å². The van der Waals surface area contributed by atoms with E-state index in [1.54, 1.807) is 0 Å². The number of methoxy groups -OCH3 is 1. The molecule has 0 bridgehead atoms. The second kappa shape index (κ2) is 8.74. The van der Waals surface area contributed by atoms with E-state index >= 15 is 8.78 Å². The number of nitrogens with zero attached hydrogens (tertiary/aromatic N) is 3. The fourth-order valence-corrected chi connectivity index (χ4v) is 4.83. The number of rotatable bonds is 6. The lowest BCUT2D eigenvalue weighted by atomic mass is 10.0. The highest BCUT2D eigenvalue weighted by Crippen LogP contribution is 2.37. The van der Waals surface area contributed by atoms with Crippen LogP contribution in [-0.4, -0.2) is 45.9 Å². The van der Waals surface area contributed by atoms with Crippen molar-refractivity contribution < 1.29 is 30.7 Å². The molecule has 0 amide bonds. The number of hydrogen-bond donors (Lipinski definition) is 4. The summed E-state index contributed by atoms with van der Waals surface area (Å²) in [4.78, 5) is 16.5. The number of sulfonamides is 1. The van der Waals surface area contributed by atoms with Gasteiger partial charge in [0.1, 0.15) is 22.8 Å². The lowest BCUT2D eigenvalue weighted by Crippen LogP contribution is -2.16. The third-order valence-electron chi connectivity index (χ3n) is 5.27. The number of anilines is 1. The van der Waals surface area contributed by atoms with Crippen molar-refractivity contribution in [3.63, 3.8) is 0 Å². The van der Waals surface area contributed by atoms with Gasteiger partial charge >= 0.3 is 5.69 Å². The van der Waals surface area contributed by atoms with Crippen molar-refractivity contribution in [2.24, 2.45) is 0 Å². The summed E-state index contributed by atoms with van der Waals surface area (Å²) in [5, 5.41) is 12.3. The number of halogens is 4. The smallest absolute Gasteiger partial charge is 0.340 e. The predicted molar refractivity (Wildman–Crippen MR) is 121 cm³/mol. The minimum absolute atomic E-state index is 0.000526. The molecule has 5 rings (SSSR count). The molecule has 0 unspecified atom stereocenters. The molecular weight excluding hydrogens is 522 g/mol. The van der Waals surface area contributed by atoms with Crippen molar-refractivity contribution in [2.75, 3.05) is 11.8 Å². The molecule has 0 radical (unpaired) electrons. The Kier molecular flexibility index (Phi) is 5.66. The predicted octanol–water partition coefficient (Wildman–Crippen LogP) is 3.07. The first-order valence-electron chi connectivity index (χ1n) is 10.1. The standard InChI is InChI=1S/C21H13F4N7O4S/c1-36-20-13(6-8(22)7-26-20)37(34,35)32-12-5-4-11(23)14(16(12)25)9-2-3-10-17(15(9)24)28-29-18(10)19-27-21(33)31-30-19/h2-7,32H,1H3,(H,28,29)(H2,27,30,31,33). The lowest BCUT2D eigenvalue weighted by Gasteiger charge is -2.14. The van der Waals surface area contributed by atoms with Crippen LogP contribution in [0.4, 0.5) is 23.2 Å². The van der Waals surface area contributed by atoms with Crippen LogP contribution in [0.15, 0.2) is 46.2 Å². The average Bonchev–Trinajstić information content (AvgIpc) is 3.48. The minimum Gasteiger partial charge on any atom is -0.480 e. The van der Waals surface area contributed by atoms with Gasteiger partial charge in [-0.15, -0.1) is 0 Å². The summed E-state index contributed by atoms with van der Waals surface area (Å²) in [6.45, 7) is 0. The van der Waals surface area contributed by atoms with Gasteiger partial charge in [-0.2, -0.15) is 10.2 Å². The molecule has 2 aromatic carbocycles. The number of fused-ring (bicyclic) bond motifs is 1. The molecule has 190 valence electrons. The van der Waals surface area contributed by atoms with Gasteiger partial charge in [0.25, 0.3) is 10.0 Å². The molecule has 0 atom stereocenters. The maximum absolute atomic E-state index is 15.4. The summed E-state index contributed by atoms with van der Waals surface area (Å²) in [5.74, 6) is -5.22. The van der Waals surface area contributed by atoms with Gasteiger partial charge in [-0.1, -0.05) is 6.07 Å². The van der Waals surface area contributed by atoms with Gasteiger partial charge in [0.15, 0.2) is 22.4 Å². The maximum atomic E-state index is 15.4. The fourth-order valence-electron chi connectivity index (χ4n) is 3.64. The second-order valence-corrected chi connectivity index (χ2v) is 9.15. The Morgan fingerprint density at radius 1 is 1.00 bits per heavy atom. The highest BCUT2D eigenvalue weighted by Gasteiger charge is 2.27. The minimum atomic E-state index is -4.67. The molecule has 37 heavy (non-hydrogen) atoms. The van der Waals surface area contributed by atoms with E-state index in [9.17, 15) is 22.0 Å². The van der Waals surface area contributed by atoms with Crippen molar-refractivity contribution in [1.29, 1.82) is 0 Å². The zero-order valence-corrected chi connectivity index (χ0v) is 19.2. The molecule has 5 aromatic rings. The summed E-state index contributed by atoms with van der Waals surface area (Å²) in [6.07, 6.45) is 0.720. The first-order chi connectivity index (χ1) is 17.6. The molecule has 0 spiro atoms. The van der Waals surface area contributed by atoms with Crippen LogP contribution in [0.1, 0.15) is 0 Å². The summed E-state index contributed by atoms with van der Waals surface area (Å²) in [6, 6.07) is 4.46. The zero-order chi connectivity index (χ0) is 26.5. The van der Waals surface area contributed by atoms with Crippen LogP contribution in [0.2, 0.25) is 0 Å². The largest absolute Gasteiger partial charge is 0.480 e. The van der Waals surface area contributed by atoms with Gasteiger partial charge in [0, 0.05) is 17.0 Å². The number of hydrogen-bond acceptors (Lipinski definition) is 7. The Hall–Kier alpha value is -4.73. The van der Waals surface area contributed by atoms with Crippen LogP contribution in [0.3, 0.4) is 0 Å². The molecule has 0 saturated carbocycles. The molecule has 0 aliphatic carbocycles. The van der Waals surface area contributed by atoms with Gasteiger partial charge in [0.2, 0.25) is 5.88 Å². The number of aromatic amines is 3. The number of ether oxygens (including phenoxy) is 1. The number of aromatic nitrogens is 6. The van der Waals surface area contributed by atoms with Crippen LogP contribution < -0.4 is 15.1 Å². The Morgan fingerprint density at radius 3 is 2.49 bits per heavy atom. The SMILES string of the molecule is COc1ncc(F)cc1S(=O)(=O)Nc1ccc(F)c(-c2ccc3c(-c4n[nH]c(=O)[nH]4)n[nH]c3c2F)c1F. The summed E-state index contributed by atoms with van der Waals surface area (Å²) >= 11 is 0. The second-order valence-electron chi connectivity index (χ2n) is 7.50. The molecule has 16 heteroatoms. The van der Waals surface area contributed by atoms with E-state index in [1.807, 2.05) is 4.72 Å². The van der Waals surface area contributed by atoms with E-state index in [4.69, 9.17) is 4.74 Å². The molecule has 0 saturated heterocycles. The van der Waals surface area contributed by atoms with Crippen LogP contribution in [0, 0.1) is 23.3 Å². The third kappa shape index (κ3) is 4.06. The quantitative estimate of drug-likeness (QED) is 0.243. The first-order valence-corrected chi connectivity index (χ1v) is 11.6. The third-order valence-corrected chi connectivity index (χ3v) is 6.63. The highest BCUT2D eigenvalue weighted by atomic mass is 32.2. The Balaban J connectivity index is 1.60. The normalized spacial score (nSPS) is 11.7. The van der Waals surface area contributed by atoms with Crippen molar-refractivity contribution in [2.45, 2.75) is 4.90 Å². The van der Waals surface area contributed by atoms with Crippen molar-refractivity contribution >= 4 is 26.6 Å². The lowest BCUT2D eigenvalue weighted by molar-refractivity contribution is 0.382. The Bertz CT molecular complexity index is 1850. The van der Waals surface area contributed by atoms with Crippen molar-refractivity contribution in [3.8, 4) is 28.5 Å².